The molecule has 0 aromatic heterocycles. The van der Waals surface area contributed by atoms with Gasteiger partial charge in [-0.15, -0.1) is 0 Å². The second-order valence-corrected chi connectivity index (χ2v) is 5.56. The van der Waals surface area contributed by atoms with Crippen LogP contribution in [0.1, 0.15) is 30.6 Å². The van der Waals surface area contributed by atoms with Crippen molar-refractivity contribution in [1.29, 1.82) is 0 Å². The third kappa shape index (κ3) is 5.76. The topological polar surface area (TPSA) is 119 Å². The number of hydrogen-bond donors (Lipinski definition) is 5. The van der Waals surface area contributed by atoms with Crippen molar-refractivity contribution in [3.05, 3.63) is 29.8 Å². The van der Waals surface area contributed by atoms with Gasteiger partial charge >= 0.3 is 5.97 Å². The molecule has 0 heterocycles. The predicted octanol–water partition coefficient (Wildman–Crippen LogP) is 0.376. The lowest BCUT2D eigenvalue weighted by molar-refractivity contribution is -0.0668. The van der Waals surface area contributed by atoms with Crippen molar-refractivity contribution in [2.24, 2.45) is 5.92 Å². The fraction of sp³-hybridized carbons (Fsp3) is 0.588. The van der Waals surface area contributed by atoms with E-state index in [0.29, 0.717) is 24.3 Å². The maximum atomic E-state index is 11.6. The molecule has 1 aromatic rings. The molecule has 7 heteroatoms. The zero-order chi connectivity index (χ0) is 18.1. The van der Waals surface area contributed by atoms with Gasteiger partial charge in [0, 0.05) is 18.2 Å². The van der Waals surface area contributed by atoms with E-state index < -0.39 is 36.8 Å². The maximum Gasteiger partial charge on any atom is 0.338 e. The Morgan fingerprint density at radius 2 is 1.75 bits per heavy atom. The molecule has 0 bridgehead atoms. The summed E-state index contributed by atoms with van der Waals surface area (Å²) in [4.78, 5) is 11.6. The third-order valence-corrected chi connectivity index (χ3v) is 3.90. The number of aliphatic hydroxyl groups excluding tert-OH is 4. The highest BCUT2D eigenvalue weighted by Crippen LogP contribution is 2.18. The second-order valence-electron chi connectivity index (χ2n) is 5.56. The average molecular weight is 341 g/mol. The molecule has 1 rings (SSSR count). The molecule has 0 spiro atoms. The van der Waals surface area contributed by atoms with Crippen molar-refractivity contribution >= 4 is 11.7 Å². The number of aliphatic hydroxyl groups is 4. The molecule has 0 radical (unpaired) electrons. The van der Waals surface area contributed by atoms with Crippen LogP contribution in [0, 0.1) is 5.92 Å². The Hall–Kier alpha value is -1.67. The molecule has 4 unspecified atom stereocenters. The molecule has 0 saturated heterocycles. The Morgan fingerprint density at radius 1 is 1.12 bits per heavy atom. The van der Waals surface area contributed by atoms with Gasteiger partial charge in [-0.2, -0.15) is 0 Å². The first-order chi connectivity index (χ1) is 11.4. The van der Waals surface area contributed by atoms with Gasteiger partial charge in [-0.05, 0) is 37.6 Å². The summed E-state index contributed by atoms with van der Waals surface area (Å²) in [6.07, 6.45) is -2.93. The molecule has 0 aliphatic rings. The summed E-state index contributed by atoms with van der Waals surface area (Å²) in [5, 5.41) is 41.8. The van der Waals surface area contributed by atoms with E-state index in [-0.39, 0.29) is 6.54 Å². The lowest BCUT2D eigenvalue weighted by atomic mass is 9.90. The van der Waals surface area contributed by atoms with Crippen LogP contribution < -0.4 is 5.32 Å². The third-order valence-electron chi connectivity index (χ3n) is 3.90. The fourth-order valence-electron chi connectivity index (χ4n) is 2.44. The van der Waals surface area contributed by atoms with Gasteiger partial charge in [-0.3, -0.25) is 0 Å². The second kappa shape index (κ2) is 10.2. The highest BCUT2D eigenvalue weighted by molar-refractivity contribution is 5.89. The summed E-state index contributed by atoms with van der Waals surface area (Å²) < 4.78 is 4.89. The molecule has 0 aliphatic heterocycles. The van der Waals surface area contributed by atoms with Gasteiger partial charge in [0.25, 0.3) is 0 Å². The minimum atomic E-state index is -1.16. The number of nitrogens with one attached hydrogen (secondary N) is 1. The van der Waals surface area contributed by atoms with E-state index in [4.69, 9.17) is 9.84 Å². The van der Waals surface area contributed by atoms with Gasteiger partial charge in [-0.1, -0.05) is 6.92 Å². The summed E-state index contributed by atoms with van der Waals surface area (Å²) in [5.41, 5.74) is 1.10. The first-order valence-corrected chi connectivity index (χ1v) is 8.10. The molecule has 5 N–H and O–H groups in total. The molecule has 24 heavy (non-hydrogen) atoms. The zero-order valence-electron chi connectivity index (χ0n) is 14.1. The number of hydrogen-bond acceptors (Lipinski definition) is 7. The Morgan fingerprint density at radius 3 is 2.25 bits per heavy atom. The van der Waals surface area contributed by atoms with Crippen LogP contribution in [0.5, 0.6) is 0 Å². The minimum Gasteiger partial charge on any atom is -0.462 e. The molecule has 7 nitrogen and oxygen atoms in total. The SMILES string of the molecule is CCOC(=O)c1ccc(NCC(O)C(O)C(CC)C(O)CO)cc1. The molecule has 0 saturated carbocycles. The van der Waals surface area contributed by atoms with Gasteiger partial charge in [-0.25, -0.2) is 4.79 Å². The van der Waals surface area contributed by atoms with E-state index in [1.54, 1.807) is 38.1 Å². The number of anilines is 1. The van der Waals surface area contributed by atoms with E-state index in [9.17, 15) is 20.1 Å². The highest BCUT2D eigenvalue weighted by Gasteiger charge is 2.30. The lowest BCUT2D eigenvalue weighted by Crippen LogP contribution is -2.43. The number of carbonyl (C=O) groups excluding carboxylic acids is 1. The van der Waals surface area contributed by atoms with E-state index in [1.807, 2.05) is 0 Å². The van der Waals surface area contributed by atoms with Crippen molar-refractivity contribution < 1.29 is 30.0 Å². The van der Waals surface area contributed by atoms with Crippen LogP contribution in [0.15, 0.2) is 24.3 Å². The Kier molecular flexibility index (Phi) is 8.70. The van der Waals surface area contributed by atoms with Crippen molar-refractivity contribution in [2.45, 2.75) is 38.6 Å². The van der Waals surface area contributed by atoms with Crippen LogP contribution in [0.4, 0.5) is 5.69 Å². The van der Waals surface area contributed by atoms with Gasteiger partial charge in [0.1, 0.15) is 0 Å². The van der Waals surface area contributed by atoms with E-state index in [1.165, 1.54) is 0 Å². The van der Waals surface area contributed by atoms with E-state index >= 15 is 0 Å². The first-order valence-electron chi connectivity index (χ1n) is 8.10. The van der Waals surface area contributed by atoms with Crippen molar-refractivity contribution in [1.82, 2.24) is 0 Å². The van der Waals surface area contributed by atoms with Gasteiger partial charge < -0.3 is 30.5 Å². The minimum absolute atomic E-state index is 0.0641. The number of rotatable bonds is 10. The largest absolute Gasteiger partial charge is 0.462 e. The van der Waals surface area contributed by atoms with E-state index in [0.717, 1.165) is 0 Å². The average Bonchev–Trinajstić information content (AvgIpc) is 2.60. The number of benzene rings is 1. The molecule has 136 valence electrons. The molecule has 0 fully saturated rings. The maximum absolute atomic E-state index is 11.6. The van der Waals surface area contributed by atoms with Gasteiger partial charge in [0.05, 0.1) is 37.1 Å². The lowest BCUT2D eigenvalue weighted by Gasteiger charge is -2.29. The fourth-order valence-corrected chi connectivity index (χ4v) is 2.44. The van der Waals surface area contributed by atoms with Crippen molar-refractivity contribution in [3.8, 4) is 0 Å². The number of esters is 1. The van der Waals surface area contributed by atoms with Crippen LogP contribution in [0.2, 0.25) is 0 Å². The quantitative estimate of drug-likeness (QED) is 0.390. The summed E-state index contributed by atoms with van der Waals surface area (Å²) >= 11 is 0. The van der Waals surface area contributed by atoms with Crippen LogP contribution in [0.25, 0.3) is 0 Å². The summed E-state index contributed by atoms with van der Waals surface area (Å²) in [5.74, 6) is -1.01. The van der Waals surface area contributed by atoms with Crippen LogP contribution >= 0.6 is 0 Å². The number of ether oxygens (including phenoxy) is 1. The molecular formula is C17H27NO6. The summed E-state index contributed by atoms with van der Waals surface area (Å²) in [7, 11) is 0. The Labute approximate surface area is 141 Å². The van der Waals surface area contributed by atoms with Crippen molar-refractivity contribution in [2.75, 3.05) is 25.1 Å². The molecule has 1 aromatic carbocycles. The molecular weight excluding hydrogens is 314 g/mol. The van der Waals surface area contributed by atoms with Crippen LogP contribution in [-0.4, -0.2) is 64.5 Å². The molecule has 4 atom stereocenters. The smallest absolute Gasteiger partial charge is 0.338 e. The van der Waals surface area contributed by atoms with E-state index in [2.05, 4.69) is 5.32 Å². The standard InChI is InChI=1S/C17H27NO6/c1-3-13(15(21)10-19)16(22)14(20)9-18-12-7-5-11(6-8-12)17(23)24-4-2/h5-8,13-16,18-22H,3-4,9-10H2,1-2H3. The Balaban J connectivity index is 2.57. The zero-order valence-corrected chi connectivity index (χ0v) is 14.1. The summed E-state index contributed by atoms with van der Waals surface area (Å²) in [6.45, 7) is 3.40. The van der Waals surface area contributed by atoms with Gasteiger partial charge in [0.2, 0.25) is 0 Å². The first kappa shape index (κ1) is 20.4. The Bertz CT molecular complexity index is 492. The summed E-state index contributed by atoms with van der Waals surface area (Å²) in [6, 6.07) is 6.55. The van der Waals surface area contributed by atoms with Crippen LogP contribution in [0.3, 0.4) is 0 Å². The van der Waals surface area contributed by atoms with Crippen molar-refractivity contribution in [3.63, 3.8) is 0 Å². The molecule has 0 amide bonds. The number of carbonyl (C=O) groups is 1. The predicted molar refractivity (Wildman–Crippen MR) is 89.8 cm³/mol. The van der Waals surface area contributed by atoms with Crippen LogP contribution in [-0.2, 0) is 4.74 Å². The monoisotopic (exact) mass is 341 g/mol. The van der Waals surface area contributed by atoms with Gasteiger partial charge in [0.15, 0.2) is 0 Å². The molecule has 0 aliphatic carbocycles. The normalized spacial score (nSPS) is 16.1. The highest BCUT2D eigenvalue weighted by atomic mass is 16.5.